The van der Waals surface area contributed by atoms with Gasteiger partial charge < -0.3 is 9.64 Å². The van der Waals surface area contributed by atoms with Crippen LogP contribution in [0.1, 0.15) is 32.8 Å². The fraction of sp³-hybridized carbons (Fsp3) is 0.400. The van der Waals surface area contributed by atoms with Crippen molar-refractivity contribution in [3.63, 3.8) is 0 Å². The summed E-state index contributed by atoms with van der Waals surface area (Å²) in [5.41, 5.74) is 1.47. The topological polar surface area (TPSA) is 64.4 Å². The molecular formula is C25H30ClN3O3S. The zero-order valence-electron chi connectivity index (χ0n) is 19.5. The van der Waals surface area contributed by atoms with Crippen molar-refractivity contribution in [2.75, 3.05) is 19.4 Å². The molecule has 0 aliphatic carbocycles. The lowest BCUT2D eigenvalue weighted by atomic mass is 10.1. The van der Waals surface area contributed by atoms with Gasteiger partial charge in [-0.3, -0.25) is 14.2 Å². The third-order valence-electron chi connectivity index (χ3n) is 5.22. The van der Waals surface area contributed by atoms with E-state index in [1.165, 1.54) is 11.8 Å². The smallest absolute Gasteiger partial charge is 0.262 e. The van der Waals surface area contributed by atoms with E-state index in [4.69, 9.17) is 16.3 Å². The van der Waals surface area contributed by atoms with E-state index in [2.05, 4.69) is 18.8 Å². The van der Waals surface area contributed by atoms with E-state index < -0.39 is 0 Å². The molecule has 0 radical (unpaired) electrons. The quantitative estimate of drug-likeness (QED) is 0.289. The number of carbonyl (C=O) groups excluding carboxylic acids is 1. The summed E-state index contributed by atoms with van der Waals surface area (Å²) in [6, 6.07) is 12.8. The predicted octanol–water partition coefficient (Wildman–Crippen LogP) is 5.25. The maximum absolute atomic E-state index is 13.1. The van der Waals surface area contributed by atoms with Crippen molar-refractivity contribution in [3.05, 3.63) is 63.4 Å². The highest BCUT2D eigenvalue weighted by Gasteiger charge is 2.16. The minimum Gasteiger partial charge on any atom is -0.494 e. The van der Waals surface area contributed by atoms with Gasteiger partial charge in [-0.15, -0.1) is 0 Å². The third kappa shape index (κ3) is 6.74. The average molecular weight is 488 g/mol. The van der Waals surface area contributed by atoms with E-state index >= 15 is 0 Å². The van der Waals surface area contributed by atoms with E-state index in [0.29, 0.717) is 46.7 Å². The van der Waals surface area contributed by atoms with Crippen LogP contribution in [-0.4, -0.2) is 39.8 Å². The molecule has 0 spiro atoms. The Hall–Kier alpha value is -2.51. The number of hydrogen-bond donors (Lipinski definition) is 0. The van der Waals surface area contributed by atoms with Crippen LogP contribution in [0.25, 0.3) is 10.9 Å². The Morgan fingerprint density at radius 1 is 1.21 bits per heavy atom. The highest BCUT2D eigenvalue weighted by atomic mass is 35.5. The predicted molar refractivity (Wildman–Crippen MR) is 135 cm³/mol. The number of aromatic nitrogens is 2. The van der Waals surface area contributed by atoms with Crippen LogP contribution >= 0.6 is 23.4 Å². The second kappa shape index (κ2) is 11.6. The summed E-state index contributed by atoms with van der Waals surface area (Å²) >= 11 is 7.40. The van der Waals surface area contributed by atoms with E-state index in [9.17, 15) is 9.59 Å². The molecule has 0 fully saturated rings. The van der Waals surface area contributed by atoms with Crippen LogP contribution in [0.3, 0.4) is 0 Å². The minimum absolute atomic E-state index is 0.0373. The van der Waals surface area contributed by atoms with Crippen molar-refractivity contribution < 1.29 is 9.53 Å². The first-order valence-corrected chi connectivity index (χ1v) is 12.4. The SMILES string of the molecule is CCOc1ccc(CN(C)C(=O)CSc2nc3cc(Cl)ccc3c(=O)n2CCC(C)C)cc1. The molecule has 2 aromatic carbocycles. The molecule has 0 N–H and O–H groups in total. The number of fused-ring (bicyclic) bond motifs is 1. The fourth-order valence-electron chi connectivity index (χ4n) is 3.32. The fourth-order valence-corrected chi connectivity index (χ4v) is 4.46. The van der Waals surface area contributed by atoms with Gasteiger partial charge in [-0.1, -0.05) is 49.3 Å². The number of halogens is 1. The number of benzene rings is 2. The molecule has 1 aromatic heterocycles. The Labute approximate surface area is 203 Å². The molecule has 0 saturated carbocycles. The molecule has 0 atom stereocenters. The summed E-state index contributed by atoms with van der Waals surface area (Å²) in [5.74, 6) is 1.41. The Morgan fingerprint density at radius 2 is 1.94 bits per heavy atom. The van der Waals surface area contributed by atoms with Gasteiger partial charge in [-0.25, -0.2) is 4.98 Å². The summed E-state index contributed by atoms with van der Waals surface area (Å²) in [7, 11) is 1.78. The Balaban J connectivity index is 1.74. The van der Waals surface area contributed by atoms with Crippen LogP contribution in [0, 0.1) is 5.92 Å². The van der Waals surface area contributed by atoms with Gasteiger partial charge in [-0.05, 0) is 55.2 Å². The standard InChI is InChI=1S/C25H30ClN3O3S/c1-5-32-20-9-6-18(7-10-20)15-28(4)23(30)16-33-25-27-22-14-19(26)8-11-21(22)24(31)29(25)13-12-17(2)3/h6-11,14,17H,5,12-13,15-16H2,1-4H3. The van der Waals surface area contributed by atoms with Crippen molar-refractivity contribution in [1.29, 1.82) is 0 Å². The summed E-state index contributed by atoms with van der Waals surface area (Å²) in [6.07, 6.45) is 0.847. The first-order valence-electron chi connectivity index (χ1n) is 11.1. The molecule has 176 valence electrons. The molecule has 1 heterocycles. The van der Waals surface area contributed by atoms with Gasteiger partial charge in [0.2, 0.25) is 5.91 Å². The molecule has 0 unspecified atom stereocenters. The van der Waals surface area contributed by atoms with Gasteiger partial charge in [0.05, 0.1) is 23.3 Å². The number of nitrogens with zero attached hydrogens (tertiary/aromatic N) is 3. The van der Waals surface area contributed by atoms with Gasteiger partial charge in [0.25, 0.3) is 5.56 Å². The number of carbonyl (C=O) groups is 1. The number of hydrogen-bond acceptors (Lipinski definition) is 5. The lowest BCUT2D eigenvalue weighted by Crippen LogP contribution is -2.29. The molecule has 0 aliphatic rings. The lowest BCUT2D eigenvalue weighted by molar-refractivity contribution is -0.127. The van der Waals surface area contributed by atoms with Crippen molar-refractivity contribution in [1.82, 2.24) is 14.5 Å². The molecule has 3 aromatic rings. The number of thioether (sulfide) groups is 1. The molecule has 8 heteroatoms. The highest BCUT2D eigenvalue weighted by Crippen LogP contribution is 2.22. The second-order valence-corrected chi connectivity index (χ2v) is 9.69. The van der Waals surface area contributed by atoms with Crippen LogP contribution in [0.15, 0.2) is 52.4 Å². The molecule has 1 amide bonds. The lowest BCUT2D eigenvalue weighted by Gasteiger charge is -2.18. The van der Waals surface area contributed by atoms with Gasteiger partial charge in [0, 0.05) is 25.2 Å². The molecule has 0 saturated heterocycles. The van der Waals surface area contributed by atoms with Crippen LogP contribution in [0.5, 0.6) is 5.75 Å². The summed E-state index contributed by atoms with van der Waals surface area (Å²) in [6.45, 7) is 7.84. The molecular weight excluding hydrogens is 458 g/mol. The Kier molecular flexibility index (Phi) is 8.80. The van der Waals surface area contributed by atoms with E-state index in [-0.39, 0.29) is 17.2 Å². The van der Waals surface area contributed by atoms with Crippen LogP contribution in [0.2, 0.25) is 5.02 Å². The number of amides is 1. The number of ether oxygens (including phenoxy) is 1. The van der Waals surface area contributed by atoms with Crippen molar-refractivity contribution in [2.24, 2.45) is 5.92 Å². The normalized spacial score (nSPS) is 11.2. The summed E-state index contributed by atoms with van der Waals surface area (Å²) in [5, 5.41) is 1.60. The van der Waals surface area contributed by atoms with E-state index in [1.807, 2.05) is 31.2 Å². The van der Waals surface area contributed by atoms with Crippen LogP contribution in [0.4, 0.5) is 0 Å². The molecule has 33 heavy (non-hydrogen) atoms. The third-order valence-corrected chi connectivity index (χ3v) is 6.41. The summed E-state index contributed by atoms with van der Waals surface area (Å²) in [4.78, 5) is 32.3. The summed E-state index contributed by atoms with van der Waals surface area (Å²) < 4.78 is 7.15. The highest BCUT2D eigenvalue weighted by molar-refractivity contribution is 7.99. The Bertz CT molecular complexity index is 1160. The zero-order chi connectivity index (χ0) is 24.0. The van der Waals surface area contributed by atoms with Gasteiger partial charge in [-0.2, -0.15) is 0 Å². The maximum Gasteiger partial charge on any atom is 0.262 e. The largest absolute Gasteiger partial charge is 0.494 e. The molecule has 3 rings (SSSR count). The van der Waals surface area contributed by atoms with Crippen molar-refractivity contribution >= 4 is 40.2 Å². The van der Waals surface area contributed by atoms with Crippen LogP contribution < -0.4 is 10.3 Å². The molecule has 0 bridgehead atoms. The first kappa shape index (κ1) is 25.1. The van der Waals surface area contributed by atoms with E-state index in [1.54, 1.807) is 34.7 Å². The molecule has 6 nitrogen and oxygen atoms in total. The monoisotopic (exact) mass is 487 g/mol. The zero-order valence-corrected chi connectivity index (χ0v) is 21.1. The second-order valence-electron chi connectivity index (χ2n) is 8.31. The first-order chi connectivity index (χ1) is 15.8. The van der Waals surface area contributed by atoms with Gasteiger partial charge in [0.1, 0.15) is 5.75 Å². The maximum atomic E-state index is 13.1. The number of rotatable bonds is 10. The van der Waals surface area contributed by atoms with Crippen molar-refractivity contribution in [2.45, 2.75) is 45.4 Å². The average Bonchev–Trinajstić information content (AvgIpc) is 2.78. The molecule has 0 aliphatic heterocycles. The minimum atomic E-state index is -0.102. The van der Waals surface area contributed by atoms with E-state index in [0.717, 1.165) is 17.7 Å². The van der Waals surface area contributed by atoms with Gasteiger partial charge in [0.15, 0.2) is 5.16 Å². The van der Waals surface area contributed by atoms with Crippen molar-refractivity contribution in [3.8, 4) is 5.75 Å². The van der Waals surface area contributed by atoms with Crippen LogP contribution in [-0.2, 0) is 17.9 Å². The Morgan fingerprint density at radius 3 is 2.61 bits per heavy atom. The van der Waals surface area contributed by atoms with Gasteiger partial charge >= 0.3 is 0 Å².